The number of amides is 2. The molecule has 0 bridgehead atoms. The Morgan fingerprint density at radius 2 is 1.62 bits per heavy atom. The zero-order valence-electron chi connectivity index (χ0n) is 13.4. The van der Waals surface area contributed by atoms with Gasteiger partial charge in [-0.1, -0.05) is 12.1 Å². The molecule has 0 spiro atoms. The van der Waals surface area contributed by atoms with Crippen molar-refractivity contribution in [1.29, 1.82) is 0 Å². The van der Waals surface area contributed by atoms with Crippen molar-refractivity contribution >= 4 is 28.5 Å². The van der Waals surface area contributed by atoms with Crippen LogP contribution in [0.5, 0.6) is 0 Å². The number of benzene rings is 2. The molecule has 6 nitrogen and oxygen atoms in total. The third-order valence-corrected chi connectivity index (χ3v) is 3.48. The Hall–Kier alpha value is -3.28. The molecule has 0 fully saturated rings. The molecular formula is C18H16N4O2. The summed E-state index contributed by atoms with van der Waals surface area (Å²) in [4.78, 5) is 34.2. The van der Waals surface area contributed by atoms with Gasteiger partial charge in [0.25, 0.3) is 11.8 Å². The second kappa shape index (κ2) is 6.45. The summed E-state index contributed by atoms with van der Waals surface area (Å²) in [7, 11) is 3.38. The van der Waals surface area contributed by atoms with Crippen LogP contribution in [-0.4, -0.2) is 40.8 Å². The van der Waals surface area contributed by atoms with Crippen LogP contribution in [0.2, 0.25) is 0 Å². The van der Waals surface area contributed by atoms with Crippen molar-refractivity contribution in [2.24, 2.45) is 0 Å². The molecule has 2 amide bonds. The lowest BCUT2D eigenvalue weighted by Crippen LogP contribution is -2.21. The Bertz CT molecular complexity index is 904. The zero-order valence-corrected chi connectivity index (χ0v) is 13.4. The lowest BCUT2D eigenvalue weighted by atomic mass is 10.2. The number of carbonyl (C=O) groups is 2. The minimum absolute atomic E-state index is 0.0896. The normalized spacial score (nSPS) is 10.4. The smallest absolute Gasteiger partial charge is 0.275 e. The molecular weight excluding hydrogens is 304 g/mol. The lowest BCUT2D eigenvalue weighted by molar-refractivity contribution is 0.0827. The van der Waals surface area contributed by atoms with Crippen molar-refractivity contribution in [3.05, 3.63) is 66.0 Å². The Morgan fingerprint density at radius 1 is 0.958 bits per heavy atom. The summed E-state index contributed by atoms with van der Waals surface area (Å²) in [5.41, 5.74) is 2.79. The van der Waals surface area contributed by atoms with E-state index in [-0.39, 0.29) is 17.5 Å². The lowest BCUT2D eigenvalue weighted by Gasteiger charge is -2.11. The van der Waals surface area contributed by atoms with Gasteiger partial charge in [0.15, 0.2) is 0 Å². The Kier molecular flexibility index (Phi) is 4.20. The number of nitrogens with zero attached hydrogens (tertiary/aromatic N) is 3. The van der Waals surface area contributed by atoms with E-state index < -0.39 is 0 Å². The monoisotopic (exact) mass is 320 g/mol. The first kappa shape index (κ1) is 15.6. The summed E-state index contributed by atoms with van der Waals surface area (Å²) in [6.07, 6.45) is 1.45. The highest BCUT2D eigenvalue weighted by Crippen LogP contribution is 2.13. The molecule has 0 atom stereocenters. The molecule has 0 aliphatic heterocycles. The summed E-state index contributed by atoms with van der Waals surface area (Å²) in [6.45, 7) is 0. The molecule has 2 aromatic carbocycles. The van der Waals surface area contributed by atoms with Crippen LogP contribution in [0.3, 0.4) is 0 Å². The van der Waals surface area contributed by atoms with Gasteiger partial charge < -0.3 is 10.2 Å². The molecule has 0 aliphatic carbocycles. The topological polar surface area (TPSA) is 75.2 Å². The quantitative estimate of drug-likeness (QED) is 0.805. The van der Waals surface area contributed by atoms with Crippen molar-refractivity contribution in [2.45, 2.75) is 0 Å². The molecule has 120 valence electrons. The van der Waals surface area contributed by atoms with E-state index >= 15 is 0 Å². The van der Waals surface area contributed by atoms with E-state index in [4.69, 9.17) is 0 Å². The van der Waals surface area contributed by atoms with Gasteiger partial charge in [-0.25, -0.2) is 4.98 Å². The van der Waals surface area contributed by atoms with Gasteiger partial charge >= 0.3 is 0 Å². The van der Waals surface area contributed by atoms with Crippen LogP contribution in [0.15, 0.2) is 54.7 Å². The largest absolute Gasteiger partial charge is 0.345 e. The van der Waals surface area contributed by atoms with Crippen LogP contribution in [0.1, 0.15) is 20.8 Å². The average Bonchev–Trinajstić information content (AvgIpc) is 2.61. The maximum Gasteiger partial charge on any atom is 0.275 e. The van der Waals surface area contributed by atoms with Crippen molar-refractivity contribution in [3.8, 4) is 0 Å². The first-order valence-corrected chi connectivity index (χ1v) is 7.39. The standard InChI is InChI=1S/C18H16N4O2/c1-22(2)18(24)12-7-9-13(10-8-12)20-17(23)16-11-19-14-5-3-4-6-15(14)21-16/h3-11H,1-2H3,(H,20,23). The number of hydrogen-bond acceptors (Lipinski definition) is 4. The highest BCUT2D eigenvalue weighted by molar-refractivity contribution is 6.03. The molecule has 1 heterocycles. The van der Waals surface area contributed by atoms with Gasteiger partial charge in [0.05, 0.1) is 17.2 Å². The molecule has 0 aliphatic rings. The number of nitrogens with one attached hydrogen (secondary N) is 1. The van der Waals surface area contributed by atoms with Crippen LogP contribution in [0.25, 0.3) is 11.0 Å². The van der Waals surface area contributed by atoms with Crippen molar-refractivity contribution in [2.75, 3.05) is 19.4 Å². The van der Waals surface area contributed by atoms with E-state index in [0.29, 0.717) is 16.8 Å². The second-order valence-electron chi connectivity index (χ2n) is 5.48. The molecule has 3 aromatic rings. The molecule has 0 radical (unpaired) electrons. The van der Waals surface area contributed by atoms with Crippen molar-refractivity contribution in [1.82, 2.24) is 14.9 Å². The van der Waals surface area contributed by atoms with Gasteiger partial charge in [-0.05, 0) is 36.4 Å². The van der Waals surface area contributed by atoms with Gasteiger partial charge in [0.2, 0.25) is 0 Å². The summed E-state index contributed by atoms with van der Waals surface area (Å²) < 4.78 is 0. The number of anilines is 1. The fraction of sp³-hybridized carbons (Fsp3) is 0.111. The second-order valence-corrected chi connectivity index (χ2v) is 5.48. The summed E-state index contributed by atoms with van der Waals surface area (Å²) >= 11 is 0. The van der Waals surface area contributed by atoms with Crippen LogP contribution in [0.4, 0.5) is 5.69 Å². The third-order valence-electron chi connectivity index (χ3n) is 3.48. The Morgan fingerprint density at radius 3 is 2.29 bits per heavy atom. The highest BCUT2D eigenvalue weighted by atomic mass is 16.2. The predicted molar refractivity (Wildman–Crippen MR) is 92.0 cm³/mol. The molecule has 3 rings (SSSR count). The molecule has 0 saturated carbocycles. The zero-order chi connectivity index (χ0) is 17.1. The van der Waals surface area contributed by atoms with Gasteiger partial charge in [-0.15, -0.1) is 0 Å². The van der Waals surface area contributed by atoms with Gasteiger partial charge in [-0.2, -0.15) is 0 Å². The fourth-order valence-corrected chi connectivity index (χ4v) is 2.22. The highest BCUT2D eigenvalue weighted by Gasteiger charge is 2.11. The van der Waals surface area contributed by atoms with Crippen LogP contribution >= 0.6 is 0 Å². The molecule has 0 saturated heterocycles. The van der Waals surface area contributed by atoms with E-state index in [1.807, 2.05) is 18.2 Å². The van der Waals surface area contributed by atoms with Gasteiger partial charge in [-0.3, -0.25) is 14.6 Å². The fourth-order valence-electron chi connectivity index (χ4n) is 2.22. The van der Waals surface area contributed by atoms with E-state index in [1.165, 1.54) is 11.1 Å². The maximum atomic E-state index is 12.3. The third kappa shape index (κ3) is 3.22. The number of aromatic nitrogens is 2. The molecule has 1 N–H and O–H groups in total. The predicted octanol–water partition coefficient (Wildman–Crippen LogP) is 2.58. The maximum absolute atomic E-state index is 12.3. The minimum Gasteiger partial charge on any atom is -0.345 e. The number of hydrogen-bond donors (Lipinski definition) is 1. The molecule has 1 aromatic heterocycles. The van der Waals surface area contributed by atoms with Crippen molar-refractivity contribution in [3.63, 3.8) is 0 Å². The number of para-hydroxylation sites is 2. The molecule has 0 unspecified atom stereocenters. The van der Waals surface area contributed by atoms with Gasteiger partial charge in [0, 0.05) is 25.3 Å². The van der Waals surface area contributed by atoms with Crippen molar-refractivity contribution < 1.29 is 9.59 Å². The van der Waals surface area contributed by atoms with Crippen LogP contribution in [0, 0.1) is 0 Å². The SMILES string of the molecule is CN(C)C(=O)c1ccc(NC(=O)c2cnc3ccccc3n2)cc1. The van der Waals surface area contributed by atoms with E-state index in [1.54, 1.807) is 44.4 Å². The summed E-state index contributed by atoms with van der Waals surface area (Å²) in [5, 5.41) is 2.75. The average molecular weight is 320 g/mol. The van der Waals surface area contributed by atoms with E-state index in [0.717, 1.165) is 5.52 Å². The number of carbonyl (C=O) groups excluding carboxylic acids is 2. The summed E-state index contributed by atoms with van der Waals surface area (Å²) in [5.74, 6) is -0.437. The van der Waals surface area contributed by atoms with Gasteiger partial charge in [0.1, 0.15) is 5.69 Å². The first-order valence-electron chi connectivity index (χ1n) is 7.39. The number of rotatable bonds is 3. The van der Waals surface area contributed by atoms with E-state index in [9.17, 15) is 9.59 Å². The summed E-state index contributed by atoms with van der Waals surface area (Å²) in [6, 6.07) is 14.1. The Balaban J connectivity index is 1.77. The van der Waals surface area contributed by atoms with Crippen LogP contribution in [-0.2, 0) is 0 Å². The number of fused-ring (bicyclic) bond motifs is 1. The Labute approximate surface area is 139 Å². The molecule has 24 heavy (non-hydrogen) atoms. The van der Waals surface area contributed by atoms with Crippen LogP contribution < -0.4 is 5.32 Å². The minimum atomic E-state index is -0.347. The van der Waals surface area contributed by atoms with E-state index in [2.05, 4.69) is 15.3 Å². The first-order chi connectivity index (χ1) is 11.5. The molecule has 6 heteroatoms.